The van der Waals surface area contributed by atoms with Crippen LogP contribution in [0.4, 0.5) is 0 Å². The molecule has 0 fully saturated rings. The minimum atomic E-state index is -0.326. The summed E-state index contributed by atoms with van der Waals surface area (Å²) in [4.78, 5) is 11.7. The maximum Gasteiger partial charge on any atom is 0.272 e. The van der Waals surface area contributed by atoms with Crippen LogP contribution < -0.4 is 5.43 Å². The lowest BCUT2D eigenvalue weighted by Gasteiger charge is -2.01. The molecule has 1 amide bonds. The normalized spacial score (nSPS) is 10.5. The van der Waals surface area contributed by atoms with Crippen LogP contribution in [0.15, 0.2) is 59.7 Å². The Morgan fingerprint density at radius 1 is 1.06 bits per heavy atom. The van der Waals surface area contributed by atoms with E-state index in [2.05, 4.69) is 10.5 Å². The summed E-state index contributed by atoms with van der Waals surface area (Å²) in [5, 5.41) is 4.28. The highest BCUT2D eigenvalue weighted by atomic mass is 35.5. The van der Waals surface area contributed by atoms with Gasteiger partial charge < -0.3 is 0 Å². The molecule has 2 aromatic rings. The first-order valence-electron chi connectivity index (χ1n) is 5.40. The Morgan fingerprint density at radius 2 is 1.72 bits per heavy atom. The van der Waals surface area contributed by atoms with Gasteiger partial charge in [-0.1, -0.05) is 54.1 Å². The molecule has 0 aromatic heterocycles. The molecule has 0 saturated carbocycles. The largest absolute Gasteiger partial charge is 0.272 e. The molecule has 0 radical (unpaired) electrons. The number of hydrogen-bond donors (Lipinski definition) is 1. The summed E-state index contributed by atoms with van der Waals surface area (Å²) in [5.41, 5.74) is 3.76. The van der Waals surface area contributed by atoms with E-state index in [9.17, 15) is 4.79 Å². The summed E-state index contributed by atoms with van der Waals surface area (Å²) in [7, 11) is 0. The van der Waals surface area contributed by atoms with Gasteiger partial charge in [-0.2, -0.15) is 5.10 Å². The number of carbonyl (C=O) groups excluding carboxylic acids is 1. The van der Waals surface area contributed by atoms with Gasteiger partial charge in [-0.15, -0.1) is 0 Å². The second-order valence-electron chi connectivity index (χ2n) is 3.59. The summed E-state index contributed by atoms with van der Waals surface area (Å²) >= 11 is 5.90. The number of carbonyl (C=O) groups is 1. The second kappa shape index (κ2) is 5.98. The molecule has 0 spiro atoms. The lowest BCUT2D eigenvalue weighted by atomic mass is 10.2. The summed E-state index contributed by atoms with van der Waals surface area (Å²) in [6, 6.07) is 16.3. The number of amides is 1. The number of nitrogens with zero attached hydrogens (tertiary/aromatic N) is 1. The predicted octanol–water partition coefficient (Wildman–Crippen LogP) is 3.10. The van der Waals surface area contributed by atoms with E-state index in [4.69, 9.17) is 11.6 Å². The van der Waals surface area contributed by atoms with Crippen molar-refractivity contribution in [3.8, 4) is 0 Å². The van der Waals surface area contributed by atoms with E-state index in [1.54, 1.807) is 30.5 Å². The summed E-state index contributed by atoms with van der Waals surface area (Å²) < 4.78 is 0. The zero-order valence-electron chi connectivity index (χ0n) is 9.51. The molecular formula is C14H11ClN2O. The lowest BCUT2D eigenvalue weighted by Crippen LogP contribution is -2.17. The number of rotatable bonds is 3. The number of nitrogens with one attached hydrogen (secondary N) is 1. The van der Waals surface area contributed by atoms with Crippen molar-refractivity contribution >= 4 is 23.7 Å². The molecule has 0 saturated heterocycles. The number of benzene rings is 2. The van der Waals surface area contributed by atoms with Crippen LogP contribution in [-0.4, -0.2) is 12.1 Å². The standard InChI is InChI=1S/C14H11ClN2O/c15-13-9-5-4-8-12(13)14(18)17-16-10-11-6-2-1-3-7-11/h1-10H,(H,17,18)/b16-10-. The van der Waals surface area contributed by atoms with E-state index in [0.29, 0.717) is 10.6 Å². The Hall–Kier alpha value is -2.13. The number of halogens is 1. The van der Waals surface area contributed by atoms with E-state index in [-0.39, 0.29) is 5.91 Å². The molecule has 4 heteroatoms. The maximum atomic E-state index is 11.7. The average Bonchev–Trinajstić information content (AvgIpc) is 2.40. The van der Waals surface area contributed by atoms with E-state index < -0.39 is 0 Å². The third kappa shape index (κ3) is 3.18. The molecule has 3 nitrogen and oxygen atoms in total. The maximum absolute atomic E-state index is 11.7. The smallest absolute Gasteiger partial charge is 0.267 e. The quantitative estimate of drug-likeness (QED) is 0.667. The Bertz CT molecular complexity index is 567. The van der Waals surface area contributed by atoms with Crippen LogP contribution in [0.25, 0.3) is 0 Å². The van der Waals surface area contributed by atoms with Gasteiger partial charge in [0.1, 0.15) is 0 Å². The van der Waals surface area contributed by atoms with Gasteiger partial charge in [0.05, 0.1) is 16.8 Å². The van der Waals surface area contributed by atoms with Gasteiger partial charge in [-0.05, 0) is 17.7 Å². The second-order valence-corrected chi connectivity index (χ2v) is 4.00. The fraction of sp³-hybridized carbons (Fsp3) is 0. The number of hydrazone groups is 1. The van der Waals surface area contributed by atoms with Crippen molar-refractivity contribution in [2.75, 3.05) is 0 Å². The van der Waals surface area contributed by atoms with Gasteiger partial charge in [0.15, 0.2) is 0 Å². The van der Waals surface area contributed by atoms with Crippen molar-refractivity contribution in [1.82, 2.24) is 5.43 Å². The fourth-order valence-electron chi connectivity index (χ4n) is 1.41. The third-order valence-electron chi connectivity index (χ3n) is 2.30. The first-order valence-corrected chi connectivity index (χ1v) is 5.78. The lowest BCUT2D eigenvalue weighted by molar-refractivity contribution is 0.0955. The van der Waals surface area contributed by atoms with Gasteiger partial charge in [0, 0.05) is 0 Å². The SMILES string of the molecule is O=C(N/N=C\c1ccccc1)c1ccccc1Cl. The van der Waals surface area contributed by atoms with E-state index >= 15 is 0 Å². The van der Waals surface area contributed by atoms with Crippen LogP contribution in [-0.2, 0) is 0 Å². The van der Waals surface area contributed by atoms with Crippen LogP contribution in [0.1, 0.15) is 15.9 Å². The Morgan fingerprint density at radius 3 is 2.44 bits per heavy atom. The van der Waals surface area contributed by atoms with Crippen molar-refractivity contribution in [3.63, 3.8) is 0 Å². The molecule has 2 rings (SSSR count). The molecule has 90 valence electrons. The van der Waals surface area contributed by atoms with Crippen LogP contribution in [0.2, 0.25) is 5.02 Å². The Balaban J connectivity index is 2.01. The van der Waals surface area contributed by atoms with Crippen LogP contribution in [0.5, 0.6) is 0 Å². The number of hydrogen-bond acceptors (Lipinski definition) is 2. The molecule has 0 heterocycles. The average molecular weight is 259 g/mol. The fourth-order valence-corrected chi connectivity index (χ4v) is 1.63. The van der Waals surface area contributed by atoms with E-state index in [1.807, 2.05) is 30.3 Å². The zero-order chi connectivity index (χ0) is 12.8. The molecule has 1 N–H and O–H groups in total. The van der Waals surface area contributed by atoms with Crippen LogP contribution in [0, 0.1) is 0 Å². The van der Waals surface area contributed by atoms with Crippen LogP contribution >= 0.6 is 11.6 Å². The molecule has 0 bridgehead atoms. The summed E-state index contributed by atoms with van der Waals surface area (Å²) in [6.45, 7) is 0. The Kier molecular flexibility index (Phi) is 4.10. The van der Waals surface area contributed by atoms with Gasteiger partial charge in [0.25, 0.3) is 5.91 Å². The molecule has 0 atom stereocenters. The van der Waals surface area contributed by atoms with E-state index in [1.165, 1.54) is 0 Å². The van der Waals surface area contributed by atoms with Gasteiger partial charge >= 0.3 is 0 Å². The zero-order valence-corrected chi connectivity index (χ0v) is 10.3. The molecule has 2 aromatic carbocycles. The van der Waals surface area contributed by atoms with Crippen molar-refractivity contribution in [2.24, 2.45) is 5.10 Å². The first-order chi connectivity index (χ1) is 8.77. The van der Waals surface area contributed by atoms with Gasteiger partial charge in [-0.3, -0.25) is 4.79 Å². The highest BCUT2D eigenvalue weighted by Crippen LogP contribution is 2.14. The van der Waals surface area contributed by atoms with E-state index in [0.717, 1.165) is 5.56 Å². The minimum Gasteiger partial charge on any atom is -0.267 e. The van der Waals surface area contributed by atoms with Crippen molar-refractivity contribution in [1.29, 1.82) is 0 Å². The minimum absolute atomic E-state index is 0.326. The molecule has 0 aliphatic heterocycles. The van der Waals surface area contributed by atoms with Gasteiger partial charge in [-0.25, -0.2) is 5.43 Å². The molecule has 0 unspecified atom stereocenters. The molecule has 18 heavy (non-hydrogen) atoms. The topological polar surface area (TPSA) is 41.5 Å². The third-order valence-corrected chi connectivity index (χ3v) is 2.63. The first kappa shape index (κ1) is 12.3. The predicted molar refractivity (Wildman–Crippen MR) is 73.0 cm³/mol. The molecular weight excluding hydrogens is 248 g/mol. The van der Waals surface area contributed by atoms with Crippen molar-refractivity contribution < 1.29 is 4.79 Å². The Labute approximate surface area is 110 Å². The summed E-state index contributed by atoms with van der Waals surface area (Å²) in [6.07, 6.45) is 1.58. The van der Waals surface area contributed by atoms with Crippen LogP contribution in [0.3, 0.4) is 0 Å². The van der Waals surface area contributed by atoms with Gasteiger partial charge in [0.2, 0.25) is 0 Å². The van der Waals surface area contributed by atoms with Crippen molar-refractivity contribution in [3.05, 3.63) is 70.7 Å². The van der Waals surface area contributed by atoms with Crippen molar-refractivity contribution in [2.45, 2.75) is 0 Å². The molecule has 0 aliphatic carbocycles. The highest BCUT2D eigenvalue weighted by molar-refractivity contribution is 6.33. The summed E-state index contributed by atoms with van der Waals surface area (Å²) in [5.74, 6) is -0.326. The molecule has 0 aliphatic rings. The monoisotopic (exact) mass is 258 g/mol. The highest BCUT2D eigenvalue weighted by Gasteiger charge is 2.07.